The molecule has 1 saturated heterocycles. The summed E-state index contributed by atoms with van der Waals surface area (Å²) >= 11 is 0. The molecule has 1 aliphatic heterocycles. The first-order chi connectivity index (χ1) is 12.2. The lowest BCUT2D eigenvalue weighted by atomic mass is 9.74. The van der Waals surface area contributed by atoms with E-state index in [1.54, 1.807) is 21.3 Å². The number of nitrogens with zero attached hydrogens (tertiary/aromatic N) is 1. The molecule has 25 heavy (non-hydrogen) atoms. The van der Waals surface area contributed by atoms with Gasteiger partial charge in [0, 0.05) is 52.5 Å². The summed E-state index contributed by atoms with van der Waals surface area (Å²) in [5.74, 6) is 1.71. The van der Waals surface area contributed by atoms with Gasteiger partial charge in [0.15, 0.2) is 5.96 Å². The largest absolute Gasteiger partial charge is 0.497 e. The molecule has 1 aromatic carbocycles. The molecule has 0 aromatic heterocycles. The summed E-state index contributed by atoms with van der Waals surface area (Å²) in [4.78, 5) is 4.32. The zero-order valence-electron chi connectivity index (χ0n) is 15.6. The van der Waals surface area contributed by atoms with Crippen LogP contribution in [0.4, 0.5) is 0 Å². The van der Waals surface area contributed by atoms with Crippen molar-refractivity contribution in [1.29, 1.82) is 0 Å². The lowest BCUT2D eigenvalue weighted by molar-refractivity contribution is 0.0513. The van der Waals surface area contributed by atoms with Gasteiger partial charge in [0.1, 0.15) is 5.75 Å². The molecule has 0 bridgehead atoms. The minimum absolute atomic E-state index is 0.0503. The van der Waals surface area contributed by atoms with Crippen LogP contribution in [0.2, 0.25) is 0 Å². The molecule has 0 aliphatic carbocycles. The van der Waals surface area contributed by atoms with Gasteiger partial charge < -0.3 is 24.8 Å². The lowest BCUT2D eigenvalue weighted by Gasteiger charge is -2.38. The second kappa shape index (κ2) is 10.3. The van der Waals surface area contributed by atoms with Crippen molar-refractivity contribution in [2.45, 2.75) is 24.7 Å². The lowest BCUT2D eigenvalue weighted by Crippen LogP contribution is -2.48. The van der Waals surface area contributed by atoms with E-state index in [0.717, 1.165) is 63.9 Å². The minimum Gasteiger partial charge on any atom is -0.497 e. The number of guanidine groups is 1. The van der Waals surface area contributed by atoms with Gasteiger partial charge in [-0.2, -0.15) is 0 Å². The molecule has 0 spiro atoms. The van der Waals surface area contributed by atoms with Crippen molar-refractivity contribution in [2.24, 2.45) is 4.99 Å². The van der Waals surface area contributed by atoms with Gasteiger partial charge in [0.2, 0.25) is 0 Å². The molecule has 6 heteroatoms. The third-order valence-electron chi connectivity index (χ3n) is 4.79. The van der Waals surface area contributed by atoms with Crippen molar-refractivity contribution in [3.8, 4) is 5.75 Å². The summed E-state index contributed by atoms with van der Waals surface area (Å²) in [5.41, 5.74) is 1.37. The Morgan fingerprint density at radius 1 is 1.16 bits per heavy atom. The maximum atomic E-state index is 5.60. The Morgan fingerprint density at radius 2 is 1.88 bits per heavy atom. The normalized spacial score (nSPS) is 17.2. The molecule has 0 amide bonds. The van der Waals surface area contributed by atoms with Crippen LogP contribution in [0, 0.1) is 0 Å². The van der Waals surface area contributed by atoms with Gasteiger partial charge in [-0.1, -0.05) is 12.1 Å². The molecule has 0 saturated carbocycles. The van der Waals surface area contributed by atoms with Gasteiger partial charge in [-0.25, -0.2) is 0 Å². The SMILES string of the molecule is CN=C(NCCCOC)NCC1(c2ccc(OC)cc2)CCOCC1. The average molecular weight is 349 g/mol. The maximum Gasteiger partial charge on any atom is 0.191 e. The van der Waals surface area contributed by atoms with E-state index in [1.165, 1.54) is 5.56 Å². The minimum atomic E-state index is 0.0503. The number of methoxy groups -OCH3 is 2. The van der Waals surface area contributed by atoms with Crippen molar-refractivity contribution < 1.29 is 14.2 Å². The van der Waals surface area contributed by atoms with Crippen LogP contribution < -0.4 is 15.4 Å². The van der Waals surface area contributed by atoms with Gasteiger partial charge in [-0.3, -0.25) is 4.99 Å². The number of hydrogen-bond acceptors (Lipinski definition) is 4. The predicted octanol–water partition coefficient (Wildman–Crippen LogP) is 1.94. The Balaban J connectivity index is 2.01. The monoisotopic (exact) mass is 349 g/mol. The summed E-state index contributed by atoms with van der Waals surface area (Å²) in [7, 11) is 5.21. The average Bonchev–Trinajstić information content (AvgIpc) is 2.68. The molecule has 140 valence electrons. The fraction of sp³-hybridized carbons (Fsp3) is 0.632. The third-order valence-corrected chi connectivity index (χ3v) is 4.79. The van der Waals surface area contributed by atoms with Crippen molar-refractivity contribution in [3.63, 3.8) is 0 Å². The molecule has 1 heterocycles. The number of nitrogens with one attached hydrogen (secondary N) is 2. The zero-order chi connectivity index (χ0) is 18.0. The second-order valence-corrected chi connectivity index (χ2v) is 6.32. The smallest absolute Gasteiger partial charge is 0.191 e. The van der Waals surface area contributed by atoms with Crippen molar-refractivity contribution in [3.05, 3.63) is 29.8 Å². The summed E-state index contributed by atoms with van der Waals surface area (Å²) in [5, 5.41) is 6.83. The molecule has 0 atom stereocenters. The van der Waals surface area contributed by atoms with Crippen LogP contribution in [0.1, 0.15) is 24.8 Å². The first kappa shape index (κ1) is 19.5. The highest BCUT2D eigenvalue weighted by Crippen LogP contribution is 2.35. The molecule has 1 fully saturated rings. The summed E-state index contributed by atoms with van der Waals surface area (Å²) in [6.07, 6.45) is 2.94. The van der Waals surface area contributed by atoms with Crippen LogP contribution in [0.25, 0.3) is 0 Å². The Hall–Kier alpha value is -1.79. The first-order valence-corrected chi connectivity index (χ1v) is 8.90. The highest BCUT2D eigenvalue weighted by atomic mass is 16.5. The summed E-state index contributed by atoms with van der Waals surface area (Å²) in [6, 6.07) is 8.40. The molecule has 2 N–H and O–H groups in total. The van der Waals surface area contributed by atoms with E-state index >= 15 is 0 Å². The van der Waals surface area contributed by atoms with Crippen molar-refractivity contribution >= 4 is 5.96 Å². The molecular weight excluding hydrogens is 318 g/mol. The van der Waals surface area contributed by atoms with Crippen LogP contribution in [0.3, 0.4) is 0 Å². The number of benzene rings is 1. The third kappa shape index (κ3) is 5.61. The van der Waals surface area contributed by atoms with E-state index in [2.05, 4.69) is 27.8 Å². The van der Waals surface area contributed by atoms with E-state index in [-0.39, 0.29) is 5.41 Å². The van der Waals surface area contributed by atoms with Gasteiger partial charge in [0.25, 0.3) is 0 Å². The van der Waals surface area contributed by atoms with Crippen molar-refractivity contribution in [2.75, 3.05) is 54.2 Å². The molecule has 2 rings (SSSR count). The Labute approximate surface area is 151 Å². The quantitative estimate of drug-likeness (QED) is 0.427. The van der Waals surface area contributed by atoms with E-state index in [1.807, 2.05) is 12.1 Å². The molecular formula is C19H31N3O3. The molecule has 1 aromatic rings. The van der Waals surface area contributed by atoms with Crippen LogP contribution in [0.5, 0.6) is 5.75 Å². The Morgan fingerprint density at radius 3 is 2.48 bits per heavy atom. The van der Waals surface area contributed by atoms with E-state index < -0.39 is 0 Å². The van der Waals surface area contributed by atoms with E-state index in [4.69, 9.17) is 14.2 Å². The Bertz CT molecular complexity index is 525. The van der Waals surface area contributed by atoms with Crippen LogP contribution >= 0.6 is 0 Å². The number of rotatable bonds is 8. The number of ether oxygens (including phenoxy) is 3. The summed E-state index contributed by atoms with van der Waals surface area (Å²) < 4.78 is 16.0. The maximum absolute atomic E-state index is 5.60. The fourth-order valence-corrected chi connectivity index (χ4v) is 3.17. The fourth-order valence-electron chi connectivity index (χ4n) is 3.17. The molecule has 0 unspecified atom stereocenters. The molecule has 0 radical (unpaired) electrons. The van der Waals surface area contributed by atoms with Gasteiger partial charge in [0.05, 0.1) is 7.11 Å². The van der Waals surface area contributed by atoms with E-state index in [9.17, 15) is 0 Å². The number of hydrogen-bond donors (Lipinski definition) is 2. The van der Waals surface area contributed by atoms with Gasteiger partial charge in [-0.05, 0) is 37.0 Å². The highest BCUT2D eigenvalue weighted by molar-refractivity contribution is 5.79. The highest BCUT2D eigenvalue weighted by Gasteiger charge is 2.34. The molecule has 1 aliphatic rings. The standard InChI is InChI=1S/C19H31N3O3/c1-20-18(21-11-4-12-23-2)22-15-19(9-13-25-14-10-19)16-5-7-17(24-3)8-6-16/h5-8H,4,9-15H2,1-3H3,(H2,20,21,22). The second-order valence-electron chi connectivity index (χ2n) is 6.32. The van der Waals surface area contributed by atoms with Gasteiger partial charge in [-0.15, -0.1) is 0 Å². The molecule has 6 nitrogen and oxygen atoms in total. The Kier molecular flexibility index (Phi) is 8.01. The zero-order valence-corrected chi connectivity index (χ0v) is 15.6. The summed E-state index contributed by atoms with van der Waals surface area (Å²) in [6.45, 7) is 3.98. The van der Waals surface area contributed by atoms with E-state index in [0.29, 0.717) is 0 Å². The van der Waals surface area contributed by atoms with Crippen molar-refractivity contribution in [1.82, 2.24) is 10.6 Å². The van der Waals surface area contributed by atoms with Crippen LogP contribution in [0.15, 0.2) is 29.3 Å². The predicted molar refractivity (Wildman–Crippen MR) is 101 cm³/mol. The van der Waals surface area contributed by atoms with Crippen LogP contribution in [-0.2, 0) is 14.9 Å². The topological polar surface area (TPSA) is 64.1 Å². The first-order valence-electron chi connectivity index (χ1n) is 8.90. The number of aliphatic imine (C=N–C) groups is 1. The van der Waals surface area contributed by atoms with Gasteiger partial charge >= 0.3 is 0 Å². The van der Waals surface area contributed by atoms with Crippen LogP contribution in [-0.4, -0.2) is 60.1 Å².